The third kappa shape index (κ3) is 3.71. The molecule has 1 spiro atoms. The molecule has 1 N–H and O–H groups in total. The van der Waals surface area contributed by atoms with Gasteiger partial charge in [-0.2, -0.15) is 0 Å². The first kappa shape index (κ1) is 15.1. The van der Waals surface area contributed by atoms with E-state index >= 15 is 0 Å². The Labute approximate surface area is 129 Å². The summed E-state index contributed by atoms with van der Waals surface area (Å²) in [6.07, 6.45) is 12.6. The molecule has 2 aliphatic heterocycles. The van der Waals surface area contributed by atoms with Crippen LogP contribution in [0.5, 0.6) is 0 Å². The van der Waals surface area contributed by atoms with E-state index in [4.69, 9.17) is 4.74 Å². The van der Waals surface area contributed by atoms with Crippen LogP contribution in [-0.4, -0.2) is 50.3 Å². The number of ether oxygens (including phenoxy) is 1. The zero-order chi connectivity index (χ0) is 14.5. The van der Waals surface area contributed by atoms with Crippen molar-refractivity contribution in [3.8, 4) is 0 Å². The Morgan fingerprint density at radius 3 is 2.81 bits per heavy atom. The molecule has 21 heavy (non-hydrogen) atoms. The van der Waals surface area contributed by atoms with Gasteiger partial charge in [0.1, 0.15) is 0 Å². The molecule has 2 heterocycles. The Bertz CT molecular complexity index is 357. The first-order chi connectivity index (χ1) is 10.3. The SMILES string of the molecule is CN=C(NCCC1CCCO1)N1CCC2(CCCCC2)C1. The van der Waals surface area contributed by atoms with Crippen LogP contribution in [0, 0.1) is 5.41 Å². The third-order valence-electron chi connectivity index (χ3n) is 5.64. The van der Waals surface area contributed by atoms with E-state index < -0.39 is 0 Å². The highest BCUT2D eigenvalue weighted by molar-refractivity contribution is 5.80. The fraction of sp³-hybridized carbons (Fsp3) is 0.941. The molecule has 4 nitrogen and oxygen atoms in total. The molecule has 0 aromatic rings. The number of aliphatic imine (C=N–C) groups is 1. The van der Waals surface area contributed by atoms with Gasteiger partial charge in [-0.3, -0.25) is 4.99 Å². The van der Waals surface area contributed by atoms with E-state index in [0.29, 0.717) is 11.5 Å². The Morgan fingerprint density at radius 1 is 1.24 bits per heavy atom. The number of hydrogen-bond donors (Lipinski definition) is 1. The van der Waals surface area contributed by atoms with Crippen molar-refractivity contribution in [3.05, 3.63) is 0 Å². The van der Waals surface area contributed by atoms with Gasteiger partial charge in [-0.25, -0.2) is 0 Å². The van der Waals surface area contributed by atoms with Crippen molar-refractivity contribution in [3.63, 3.8) is 0 Å². The molecule has 0 bridgehead atoms. The number of guanidine groups is 1. The van der Waals surface area contributed by atoms with Crippen LogP contribution in [0.1, 0.15) is 57.8 Å². The minimum Gasteiger partial charge on any atom is -0.378 e. The van der Waals surface area contributed by atoms with Crippen LogP contribution in [0.25, 0.3) is 0 Å². The van der Waals surface area contributed by atoms with Crippen LogP contribution >= 0.6 is 0 Å². The summed E-state index contributed by atoms with van der Waals surface area (Å²) in [5.74, 6) is 1.11. The van der Waals surface area contributed by atoms with Gasteiger partial charge in [0, 0.05) is 33.3 Å². The zero-order valence-corrected chi connectivity index (χ0v) is 13.6. The minimum absolute atomic E-state index is 0.471. The second-order valence-corrected chi connectivity index (χ2v) is 7.13. The molecule has 0 radical (unpaired) electrons. The topological polar surface area (TPSA) is 36.9 Å². The first-order valence-corrected chi connectivity index (χ1v) is 8.89. The van der Waals surface area contributed by atoms with Crippen LogP contribution in [0.4, 0.5) is 0 Å². The van der Waals surface area contributed by atoms with Crippen LogP contribution in [0.3, 0.4) is 0 Å². The highest BCUT2D eigenvalue weighted by Crippen LogP contribution is 2.43. The number of rotatable bonds is 3. The van der Waals surface area contributed by atoms with Gasteiger partial charge < -0.3 is 15.0 Å². The van der Waals surface area contributed by atoms with Crippen molar-refractivity contribution < 1.29 is 4.74 Å². The number of nitrogens with zero attached hydrogens (tertiary/aromatic N) is 2. The largest absolute Gasteiger partial charge is 0.378 e. The Morgan fingerprint density at radius 2 is 2.10 bits per heavy atom. The zero-order valence-electron chi connectivity index (χ0n) is 13.6. The van der Waals surface area contributed by atoms with E-state index in [1.165, 1.54) is 64.5 Å². The molecule has 0 aromatic heterocycles. The molecule has 3 aliphatic rings. The fourth-order valence-corrected chi connectivity index (χ4v) is 4.38. The summed E-state index contributed by atoms with van der Waals surface area (Å²) in [5.41, 5.74) is 0.602. The van der Waals surface area contributed by atoms with E-state index in [1.54, 1.807) is 0 Å². The van der Waals surface area contributed by atoms with Crippen LogP contribution in [0.2, 0.25) is 0 Å². The smallest absolute Gasteiger partial charge is 0.193 e. The third-order valence-corrected chi connectivity index (χ3v) is 5.64. The summed E-state index contributed by atoms with van der Waals surface area (Å²) < 4.78 is 5.69. The van der Waals surface area contributed by atoms with Gasteiger partial charge in [-0.15, -0.1) is 0 Å². The van der Waals surface area contributed by atoms with E-state index in [2.05, 4.69) is 15.2 Å². The lowest BCUT2D eigenvalue weighted by atomic mass is 9.73. The van der Waals surface area contributed by atoms with Crippen molar-refractivity contribution in [2.24, 2.45) is 10.4 Å². The van der Waals surface area contributed by atoms with Gasteiger partial charge in [0.05, 0.1) is 6.10 Å². The van der Waals surface area contributed by atoms with E-state index in [9.17, 15) is 0 Å². The maximum absolute atomic E-state index is 5.69. The van der Waals surface area contributed by atoms with Gasteiger partial charge in [0.2, 0.25) is 0 Å². The molecule has 0 aromatic carbocycles. The van der Waals surface area contributed by atoms with Gasteiger partial charge in [0.25, 0.3) is 0 Å². The minimum atomic E-state index is 0.471. The predicted molar refractivity (Wildman–Crippen MR) is 86.7 cm³/mol. The maximum atomic E-state index is 5.69. The standard InChI is InChI=1S/C17H31N3O/c1-18-16(19-11-7-15-6-5-13-21-15)20-12-10-17(14-20)8-3-2-4-9-17/h15H,2-14H2,1H3,(H,18,19). The molecular weight excluding hydrogens is 262 g/mol. The lowest BCUT2D eigenvalue weighted by Crippen LogP contribution is -2.42. The molecule has 1 atom stereocenters. The maximum Gasteiger partial charge on any atom is 0.193 e. The quantitative estimate of drug-likeness (QED) is 0.642. The van der Waals surface area contributed by atoms with Crippen molar-refractivity contribution >= 4 is 5.96 Å². The van der Waals surface area contributed by atoms with Crippen molar-refractivity contribution in [1.29, 1.82) is 0 Å². The van der Waals surface area contributed by atoms with Crippen LogP contribution < -0.4 is 5.32 Å². The Balaban J connectivity index is 1.45. The van der Waals surface area contributed by atoms with Crippen molar-refractivity contribution in [1.82, 2.24) is 10.2 Å². The highest BCUT2D eigenvalue weighted by atomic mass is 16.5. The average molecular weight is 293 g/mol. The Hall–Kier alpha value is -0.770. The molecule has 3 fully saturated rings. The second kappa shape index (κ2) is 6.99. The molecule has 2 saturated heterocycles. The van der Waals surface area contributed by atoms with E-state index in [1.807, 2.05) is 7.05 Å². The summed E-state index contributed by atoms with van der Waals surface area (Å²) in [6, 6.07) is 0. The first-order valence-electron chi connectivity index (χ1n) is 8.89. The van der Waals surface area contributed by atoms with Crippen molar-refractivity contribution in [2.45, 2.75) is 63.9 Å². The summed E-state index contributed by atoms with van der Waals surface area (Å²) >= 11 is 0. The summed E-state index contributed by atoms with van der Waals surface area (Å²) in [4.78, 5) is 6.99. The summed E-state index contributed by atoms with van der Waals surface area (Å²) in [6.45, 7) is 4.33. The van der Waals surface area contributed by atoms with Crippen LogP contribution in [-0.2, 0) is 4.74 Å². The van der Waals surface area contributed by atoms with E-state index in [0.717, 1.165) is 25.5 Å². The number of likely N-dealkylation sites (tertiary alicyclic amines) is 1. The van der Waals surface area contributed by atoms with Gasteiger partial charge in [0.15, 0.2) is 5.96 Å². The lowest BCUT2D eigenvalue weighted by Gasteiger charge is -2.33. The Kier molecular flexibility index (Phi) is 5.04. The lowest BCUT2D eigenvalue weighted by molar-refractivity contribution is 0.105. The second-order valence-electron chi connectivity index (χ2n) is 7.13. The van der Waals surface area contributed by atoms with Crippen molar-refractivity contribution in [2.75, 3.05) is 33.3 Å². The number of hydrogen-bond acceptors (Lipinski definition) is 2. The monoisotopic (exact) mass is 293 g/mol. The normalized spacial score (nSPS) is 29.3. The summed E-state index contributed by atoms with van der Waals surface area (Å²) in [7, 11) is 1.92. The molecule has 1 saturated carbocycles. The highest BCUT2D eigenvalue weighted by Gasteiger charge is 2.39. The molecule has 1 aliphatic carbocycles. The predicted octanol–water partition coefficient (Wildman–Crippen LogP) is 2.79. The van der Waals surface area contributed by atoms with Gasteiger partial charge in [-0.05, 0) is 43.9 Å². The van der Waals surface area contributed by atoms with Gasteiger partial charge >= 0.3 is 0 Å². The molecule has 1 unspecified atom stereocenters. The molecule has 4 heteroatoms. The fourth-order valence-electron chi connectivity index (χ4n) is 4.38. The molecule has 120 valence electrons. The average Bonchev–Trinajstić information content (AvgIpc) is 3.15. The molecular formula is C17H31N3O. The summed E-state index contributed by atoms with van der Waals surface area (Å²) in [5, 5.41) is 3.56. The van der Waals surface area contributed by atoms with Crippen LogP contribution in [0.15, 0.2) is 4.99 Å². The van der Waals surface area contributed by atoms with Gasteiger partial charge in [-0.1, -0.05) is 19.3 Å². The molecule has 3 rings (SSSR count). The molecule has 0 amide bonds. The van der Waals surface area contributed by atoms with E-state index in [-0.39, 0.29) is 0 Å². The number of nitrogens with one attached hydrogen (secondary N) is 1.